The maximum absolute atomic E-state index is 13.2. The molecule has 0 radical (unpaired) electrons. The first-order chi connectivity index (χ1) is 11.1. The molecule has 0 aromatic heterocycles. The van der Waals surface area contributed by atoms with Crippen molar-refractivity contribution in [2.75, 3.05) is 6.54 Å². The largest absolute Gasteiger partial charge is 0.325 e. The second-order valence-electron chi connectivity index (χ2n) is 5.76. The van der Waals surface area contributed by atoms with Gasteiger partial charge < -0.3 is 5.32 Å². The molecule has 0 bridgehead atoms. The Kier molecular flexibility index (Phi) is 3.74. The number of benzene rings is 2. The Labute approximate surface area is 135 Å². The van der Waals surface area contributed by atoms with Gasteiger partial charge in [0.2, 0.25) is 0 Å². The molecule has 3 rings (SSSR count). The van der Waals surface area contributed by atoms with Crippen LogP contribution in [0.5, 0.6) is 0 Å². The minimum absolute atomic E-state index is 0.214. The van der Waals surface area contributed by atoms with Crippen molar-refractivity contribution >= 4 is 11.9 Å². The third kappa shape index (κ3) is 2.42. The Balaban J connectivity index is 2.17. The van der Waals surface area contributed by atoms with E-state index in [0.717, 1.165) is 16.7 Å². The van der Waals surface area contributed by atoms with Gasteiger partial charge in [-0.05, 0) is 18.1 Å². The Morgan fingerprint density at radius 3 is 1.91 bits per heavy atom. The molecule has 1 N–H and O–H groups in total. The van der Waals surface area contributed by atoms with Crippen molar-refractivity contribution in [2.45, 2.75) is 12.5 Å². The van der Waals surface area contributed by atoms with Crippen molar-refractivity contribution in [3.8, 4) is 0 Å². The number of imide groups is 1. The molecular formula is C19H18N2O2. The third-order valence-electron chi connectivity index (χ3n) is 3.95. The molecule has 1 fully saturated rings. The first kappa shape index (κ1) is 15.0. The molecule has 4 nitrogen and oxygen atoms in total. The molecule has 1 saturated heterocycles. The Bertz CT molecular complexity index is 714. The van der Waals surface area contributed by atoms with Crippen LogP contribution in [0, 0.1) is 0 Å². The highest BCUT2D eigenvalue weighted by molar-refractivity contribution is 6.09. The molecule has 0 spiro atoms. The highest BCUT2D eigenvalue weighted by Crippen LogP contribution is 2.36. The highest BCUT2D eigenvalue weighted by Gasteiger charge is 2.53. The van der Waals surface area contributed by atoms with Gasteiger partial charge in [-0.1, -0.05) is 72.8 Å². The third-order valence-corrected chi connectivity index (χ3v) is 3.95. The van der Waals surface area contributed by atoms with Crippen LogP contribution >= 0.6 is 0 Å². The molecule has 2 aromatic carbocycles. The molecule has 4 heteroatoms. The molecule has 3 amide bonds. The predicted octanol–water partition coefficient (Wildman–Crippen LogP) is 3.06. The highest BCUT2D eigenvalue weighted by atomic mass is 16.2. The molecule has 0 unspecified atom stereocenters. The quantitative estimate of drug-likeness (QED) is 0.697. The Morgan fingerprint density at radius 1 is 1.00 bits per heavy atom. The van der Waals surface area contributed by atoms with Gasteiger partial charge >= 0.3 is 6.03 Å². The minimum Gasteiger partial charge on any atom is -0.315 e. The number of urea groups is 1. The number of nitrogens with one attached hydrogen (secondary N) is 1. The van der Waals surface area contributed by atoms with Gasteiger partial charge in [-0.3, -0.25) is 9.69 Å². The lowest BCUT2D eigenvalue weighted by Crippen LogP contribution is -2.45. The van der Waals surface area contributed by atoms with E-state index in [0.29, 0.717) is 0 Å². The summed E-state index contributed by atoms with van der Waals surface area (Å²) in [4.78, 5) is 26.8. The smallest absolute Gasteiger partial charge is 0.315 e. The van der Waals surface area contributed by atoms with E-state index in [9.17, 15) is 9.59 Å². The normalized spacial score (nSPS) is 16.3. The van der Waals surface area contributed by atoms with Crippen LogP contribution in [0.2, 0.25) is 0 Å². The standard InChI is InChI=1S/C19H18N2O2/c1-14(2)13-21-17(22)19(20-18(21)23,15-9-5-3-6-10-15)16-11-7-4-8-12-16/h3-12H,1,13H2,2H3,(H,20,23). The van der Waals surface area contributed by atoms with Crippen LogP contribution in [0.4, 0.5) is 4.79 Å². The van der Waals surface area contributed by atoms with Gasteiger partial charge in [0.1, 0.15) is 0 Å². The van der Waals surface area contributed by atoms with E-state index in [2.05, 4.69) is 11.9 Å². The number of rotatable bonds is 4. The van der Waals surface area contributed by atoms with Gasteiger partial charge in [-0.2, -0.15) is 0 Å². The summed E-state index contributed by atoms with van der Waals surface area (Å²) < 4.78 is 0. The van der Waals surface area contributed by atoms with Gasteiger partial charge in [0.15, 0.2) is 5.54 Å². The van der Waals surface area contributed by atoms with Crippen molar-refractivity contribution in [1.29, 1.82) is 0 Å². The summed E-state index contributed by atoms with van der Waals surface area (Å²) in [5.41, 5.74) is 1.06. The van der Waals surface area contributed by atoms with Crippen LogP contribution in [0.1, 0.15) is 18.1 Å². The van der Waals surface area contributed by atoms with E-state index in [1.54, 1.807) is 6.92 Å². The second-order valence-corrected chi connectivity index (χ2v) is 5.76. The molecule has 1 heterocycles. The lowest BCUT2D eigenvalue weighted by Gasteiger charge is -2.28. The van der Waals surface area contributed by atoms with Crippen LogP contribution in [-0.4, -0.2) is 23.4 Å². The van der Waals surface area contributed by atoms with E-state index < -0.39 is 11.6 Å². The SMILES string of the molecule is C=C(C)CN1C(=O)NC(c2ccccc2)(c2ccccc2)C1=O. The molecule has 116 valence electrons. The van der Waals surface area contributed by atoms with Crippen molar-refractivity contribution in [3.05, 3.63) is 83.9 Å². The molecule has 2 aromatic rings. The zero-order chi connectivity index (χ0) is 16.4. The number of nitrogens with zero attached hydrogens (tertiary/aromatic N) is 1. The number of hydrogen-bond donors (Lipinski definition) is 1. The zero-order valence-corrected chi connectivity index (χ0v) is 13.0. The molecule has 0 aliphatic carbocycles. The van der Waals surface area contributed by atoms with Crippen molar-refractivity contribution in [2.24, 2.45) is 0 Å². The van der Waals surface area contributed by atoms with Crippen LogP contribution in [0.15, 0.2) is 72.8 Å². The fourth-order valence-corrected chi connectivity index (χ4v) is 2.92. The van der Waals surface area contributed by atoms with Gasteiger partial charge in [-0.25, -0.2) is 4.79 Å². The monoisotopic (exact) mass is 306 g/mol. The summed E-state index contributed by atoms with van der Waals surface area (Å²) in [6.45, 7) is 5.82. The maximum atomic E-state index is 13.2. The minimum atomic E-state index is -1.19. The lowest BCUT2D eigenvalue weighted by molar-refractivity contribution is -0.130. The van der Waals surface area contributed by atoms with Gasteiger partial charge in [0, 0.05) is 0 Å². The summed E-state index contributed by atoms with van der Waals surface area (Å²) in [7, 11) is 0. The second kappa shape index (κ2) is 5.72. The predicted molar refractivity (Wildman–Crippen MR) is 88.7 cm³/mol. The number of amides is 3. The van der Waals surface area contributed by atoms with Crippen molar-refractivity contribution in [1.82, 2.24) is 10.2 Å². The van der Waals surface area contributed by atoms with Crippen LogP contribution < -0.4 is 5.32 Å². The maximum Gasteiger partial charge on any atom is 0.325 e. The molecular weight excluding hydrogens is 288 g/mol. The van der Waals surface area contributed by atoms with E-state index in [-0.39, 0.29) is 12.5 Å². The number of hydrogen-bond acceptors (Lipinski definition) is 2. The van der Waals surface area contributed by atoms with Crippen LogP contribution in [0.3, 0.4) is 0 Å². The van der Waals surface area contributed by atoms with Gasteiger partial charge in [-0.15, -0.1) is 0 Å². The van der Waals surface area contributed by atoms with Crippen LogP contribution in [-0.2, 0) is 10.3 Å². The van der Waals surface area contributed by atoms with E-state index >= 15 is 0 Å². The topological polar surface area (TPSA) is 49.4 Å². The molecule has 23 heavy (non-hydrogen) atoms. The van der Waals surface area contributed by atoms with Gasteiger partial charge in [0.05, 0.1) is 6.54 Å². The van der Waals surface area contributed by atoms with E-state index in [4.69, 9.17) is 0 Å². The zero-order valence-electron chi connectivity index (χ0n) is 13.0. The van der Waals surface area contributed by atoms with Gasteiger partial charge in [0.25, 0.3) is 5.91 Å². The molecule has 1 aliphatic rings. The summed E-state index contributed by atoms with van der Waals surface area (Å²) in [6.07, 6.45) is 0. The fraction of sp³-hybridized carbons (Fsp3) is 0.158. The number of carbonyl (C=O) groups excluding carboxylic acids is 2. The summed E-state index contributed by atoms with van der Waals surface area (Å²) >= 11 is 0. The van der Waals surface area contributed by atoms with Crippen molar-refractivity contribution in [3.63, 3.8) is 0 Å². The average molecular weight is 306 g/mol. The first-order valence-corrected chi connectivity index (χ1v) is 7.45. The van der Waals surface area contributed by atoms with E-state index in [1.807, 2.05) is 60.7 Å². The Morgan fingerprint density at radius 2 is 1.48 bits per heavy atom. The first-order valence-electron chi connectivity index (χ1n) is 7.45. The lowest BCUT2D eigenvalue weighted by atomic mass is 9.82. The average Bonchev–Trinajstić information content (AvgIpc) is 2.82. The molecule has 0 saturated carbocycles. The number of carbonyl (C=O) groups is 2. The summed E-state index contributed by atoms with van der Waals surface area (Å²) in [5, 5.41) is 2.90. The van der Waals surface area contributed by atoms with E-state index in [1.165, 1.54) is 4.90 Å². The summed E-state index contributed by atoms with van der Waals surface area (Å²) in [6, 6.07) is 18.2. The van der Waals surface area contributed by atoms with Crippen molar-refractivity contribution < 1.29 is 9.59 Å². The molecule has 1 aliphatic heterocycles. The Hall–Kier alpha value is -2.88. The molecule has 0 atom stereocenters. The van der Waals surface area contributed by atoms with Crippen LogP contribution in [0.25, 0.3) is 0 Å². The summed E-state index contributed by atoms with van der Waals surface area (Å²) in [5.74, 6) is -0.275. The fourth-order valence-electron chi connectivity index (χ4n) is 2.92.